The van der Waals surface area contributed by atoms with Gasteiger partial charge in [0.05, 0.1) is 6.10 Å². The number of aliphatic hydroxyl groups is 1. The first-order valence-electron chi connectivity index (χ1n) is 7.33. The lowest BCUT2D eigenvalue weighted by Crippen LogP contribution is -2.36. The van der Waals surface area contributed by atoms with Crippen LogP contribution in [-0.2, 0) is 0 Å². The second kappa shape index (κ2) is 5.74. The third-order valence-electron chi connectivity index (χ3n) is 4.11. The molecule has 3 rings (SSSR count). The molecule has 0 spiro atoms. The Hall–Kier alpha value is -1.36. The summed E-state index contributed by atoms with van der Waals surface area (Å²) in [6.07, 6.45) is 7.05. The Morgan fingerprint density at radius 1 is 0.895 bits per heavy atom. The van der Waals surface area contributed by atoms with E-state index >= 15 is 0 Å². The first-order chi connectivity index (χ1) is 9.33. The molecule has 0 amide bonds. The minimum atomic E-state index is -0.139. The fourth-order valence-electron chi connectivity index (χ4n) is 2.90. The molecule has 3 heterocycles. The molecular weight excluding hydrogens is 240 g/mol. The molecule has 1 N–H and O–H groups in total. The highest BCUT2D eigenvalue weighted by atomic mass is 16.3. The van der Waals surface area contributed by atoms with E-state index in [2.05, 4.69) is 25.8 Å². The van der Waals surface area contributed by atoms with Crippen LogP contribution in [0, 0.1) is 0 Å². The number of rotatable bonds is 2. The van der Waals surface area contributed by atoms with E-state index in [9.17, 15) is 5.11 Å². The van der Waals surface area contributed by atoms with E-state index in [4.69, 9.17) is 0 Å². The number of piperidine rings is 2. The zero-order valence-corrected chi connectivity index (χ0v) is 11.3. The number of hydrogen-bond donors (Lipinski definition) is 1. The lowest BCUT2D eigenvalue weighted by atomic mass is 10.1. The first kappa shape index (κ1) is 12.7. The van der Waals surface area contributed by atoms with Crippen LogP contribution in [0.2, 0.25) is 0 Å². The molecule has 19 heavy (non-hydrogen) atoms. The van der Waals surface area contributed by atoms with E-state index in [-0.39, 0.29) is 6.10 Å². The molecule has 5 heteroatoms. The van der Waals surface area contributed by atoms with E-state index in [1.165, 1.54) is 19.3 Å². The lowest BCUT2D eigenvalue weighted by Gasteiger charge is -2.32. The fourth-order valence-corrected chi connectivity index (χ4v) is 2.90. The Kier molecular flexibility index (Phi) is 3.82. The van der Waals surface area contributed by atoms with Crippen molar-refractivity contribution in [1.82, 2.24) is 9.97 Å². The van der Waals surface area contributed by atoms with E-state index in [1.807, 2.05) is 0 Å². The highest BCUT2D eigenvalue weighted by Crippen LogP contribution is 2.23. The number of aromatic nitrogens is 2. The SMILES string of the molecule is OC1CCN(c2cc(N3CCCCC3)ncn2)CC1. The summed E-state index contributed by atoms with van der Waals surface area (Å²) < 4.78 is 0. The van der Waals surface area contributed by atoms with Gasteiger partial charge in [-0.2, -0.15) is 0 Å². The largest absolute Gasteiger partial charge is 0.393 e. The van der Waals surface area contributed by atoms with Gasteiger partial charge < -0.3 is 14.9 Å². The topological polar surface area (TPSA) is 52.5 Å². The summed E-state index contributed by atoms with van der Waals surface area (Å²) in [5.41, 5.74) is 0. The second-order valence-corrected chi connectivity index (χ2v) is 5.50. The molecule has 0 aliphatic carbocycles. The quantitative estimate of drug-likeness (QED) is 0.874. The van der Waals surface area contributed by atoms with Gasteiger partial charge >= 0.3 is 0 Å². The van der Waals surface area contributed by atoms with Gasteiger partial charge in [0.25, 0.3) is 0 Å². The van der Waals surface area contributed by atoms with Crippen molar-refractivity contribution in [2.24, 2.45) is 0 Å². The van der Waals surface area contributed by atoms with Crippen LogP contribution in [-0.4, -0.2) is 47.4 Å². The summed E-state index contributed by atoms with van der Waals surface area (Å²) in [7, 11) is 0. The van der Waals surface area contributed by atoms with Gasteiger partial charge in [-0.15, -0.1) is 0 Å². The highest BCUT2D eigenvalue weighted by molar-refractivity contribution is 5.50. The summed E-state index contributed by atoms with van der Waals surface area (Å²) in [5, 5.41) is 9.56. The maximum atomic E-state index is 9.56. The van der Waals surface area contributed by atoms with Crippen LogP contribution in [0.4, 0.5) is 11.6 Å². The molecule has 104 valence electrons. The van der Waals surface area contributed by atoms with Crippen LogP contribution in [0.5, 0.6) is 0 Å². The monoisotopic (exact) mass is 262 g/mol. The maximum Gasteiger partial charge on any atom is 0.134 e. The smallest absolute Gasteiger partial charge is 0.134 e. The van der Waals surface area contributed by atoms with Crippen molar-refractivity contribution < 1.29 is 5.11 Å². The van der Waals surface area contributed by atoms with Crippen molar-refractivity contribution in [1.29, 1.82) is 0 Å². The second-order valence-electron chi connectivity index (χ2n) is 5.50. The highest BCUT2D eigenvalue weighted by Gasteiger charge is 2.19. The Labute approximate surface area is 114 Å². The first-order valence-corrected chi connectivity index (χ1v) is 7.33. The van der Waals surface area contributed by atoms with Crippen LogP contribution in [0.1, 0.15) is 32.1 Å². The average Bonchev–Trinajstić information content (AvgIpc) is 2.49. The summed E-state index contributed by atoms with van der Waals surface area (Å²) in [6, 6.07) is 2.10. The average molecular weight is 262 g/mol. The zero-order valence-electron chi connectivity index (χ0n) is 11.3. The number of hydrogen-bond acceptors (Lipinski definition) is 5. The minimum Gasteiger partial charge on any atom is -0.393 e. The summed E-state index contributed by atoms with van der Waals surface area (Å²) in [6.45, 7) is 3.99. The molecule has 1 aromatic heterocycles. The normalized spacial score (nSPS) is 21.7. The lowest BCUT2D eigenvalue weighted by molar-refractivity contribution is 0.145. The third-order valence-corrected chi connectivity index (χ3v) is 4.11. The standard InChI is InChI=1S/C14H22N4O/c19-12-4-8-18(9-5-12)14-10-13(15-11-16-14)17-6-2-1-3-7-17/h10-12,19H,1-9H2. The molecule has 2 fully saturated rings. The molecule has 0 unspecified atom stereocenters. The summed E-state index contributed by atoms with van der Waals surface area (Å²) in [5.74, 6) is 2.05. The molecule has 0 atom stereocenters. The molecule has 0 aromatic carbocycles. The maximum absolute atomic E-state index is 9.56. The van der Waals surface area contributed by atoms with E-state index in [0.717, 1.165) is 50.7 Å². The van der Waals surface area contributed by atoms with Gasteiger partial charge in [-0.25, -0.2) is 9.97 Å². The number of aliphatic hydroxyl groups excluding tert-OH is 1. The van der Waals surface area contributed by atoms with Crippen molar-refractivity contribution in [3.05, 3.63) is 12.4 Å². The Morgan fingerprint density at radius 3 is 2.11 bits per heavy atom. The van der Waals surface area contributed by atoms with Gasteiger partial charge in [0.1, 0.15) is 18.0 Å². The predicted molar refractivity (Wildman–Crippen MR) is 75.5 cm³/mol. The van der Waals surface area contributed by atoms with E-state index in [1.54, 1.807) is 6.33 Å². The van der Waals surface area contributed by atoms with Crippen molar-refractivity contribution in [2.75, 3.05) is 36.0 Å². The summed E-state index contributed by atoms with van der Waals surface area (Å²) in [4.78, 5) is 13.4. The van der Waals surface area contributed by atoms with Gasteiger partial charge in [-0.3, -0.25) is 0 Å². The zero-order chi connectivity index (χ0) is 13.1. The Balaban J connectivity index is 1.72. The van der Waals surface area contributed by atoms with Crippen LogP contribution in [0.3, 0.4) is 0 Å². The molecule has 5 nitrogen and oxygen atoms in total. The summed E-state index contributed by atoms with van der Waals surface area (Å²) >= 11 is 0. The number of nitrogens with zero attached hydrogens (tertiary/aromatic N) is 4. The van der Waals surface area contributed by atoms with E-state index < -0.39 is 0 Å². The minimum absolute atomic E-state index is 0.139. The molecule has 2 aliphatic rings. The van der Waals surface area contributed by atoms with E-state index in [0.29, 0.717) is 0 Å². The van der Waals surface area contributed by atoms with Crippen molar-refractivity contribution in [2.45, 2.75) is 38.2 Å². The molecule has 0 radical (unpaired) electrons. The van der Waals surface area contributed by atoms with Gasteiger partial charge in [0, 0.05) is 32.2 Å². The van der Waals surface area contributed by atoms with Crippen LogP contribution in [0.15, 0.2) is 12.4 Å². The molecule has 2 aliphatic heterocycles. The number of anilines is 2. The molecule has 0 saturated carbocycles. The van der Waals surface area contributed by atoms with Gasteiger partial charge in [-0.1, -0.05) is 0 Å². The van der Waals surface area contributed by atoms with Crippen LogP contribution < -0.4 is 9.80 Å². The van der Waals surface area contributed by atoms with Gasteiger partial charge in [-0.05, 0) is 32.1 Å². The van der Waals surface area contributed by atoms with Crippen molar-refractivity contribution >= 4 is 11.6 Å². The van der Waals surface area contributed by atoms with Gasteiger partial charge in [0.2, 0.25) is 0 Å². The molecule has 1 aromatic rings. The van der Waals surface area contributed by atoms with Crippen molar-refractivity contribution in [3.63, 3.8) is 0 Å². The Bertz CT molecular complexity index is 412. The van der Waals surface area contributed by atoms with Gasteiger partial charge in [0.15, 0.2) is 0 Å². The van der Waals surface area contributed by atoms with Crippen LogP contribution in [0.25, 0.3) is 0 Å². The predicted octanol–water partition coefficient (Wildman–Crippen LogP) is 1.43. The van der Waals surface area contributed by atoms with Crippen LogP contribution >= 0.6 is 0 Å². The molecular formula is C14H22N4O. The Morgan fingerprint density at radius 2 is 1.47 bits per heavy atom. The fraction of sp³-hybridized carbons (Fsp3) is 0.714. The third kappa shape index (κ3) is 2.97. The van der Waals surface area contributed by atoms with Crippen molar-refractivity contribution in [3.8, 4) is 0 Å². The molecule has 2 saturated heterocycles. The molecule has 0 bridgehead atoms.